The zero-order valence-corrected chi connectivity index (χ0v) is 14.8. The molecule has 0 spiro atoms. The number of benzene rings is 1. The van der Waals surface area contributed by atoms with Crippen LogP contribution in [0.3, 0.4) is 0 Å². The highest BCUT2D eigenvalue weighted by Gasteiger charge is 2.29. The number of methoxy groups -OCH3 is 1. The maximum absolute atomic E-state index is 12.6. The number of hydrogen-bond donors (Lipinski definition) is 1. The summed E-state index contributed by atoms with van der Waals surface area (Å²) in [7, 11) is 5.01. The van der Waals surface area contributed by atoms with Gasteiger partial charge in [-0.3, -0.25) is 4.99 Å². The third kappa shape index (κ3) is 5.11. The molecule has 0 aliphatic heterocycles. The fourth-order valence-electron chi connectivity index (χ4n) is 2.45. The Morgan fingerprint density at radius 3 is 2.50 bits per heavy atom. The molecule has 0 fully saturated rings. The lowest BCUT2D eigenvalue weighted by Gasteiger charge is -2.22. The summed E-state index contributed by atoms with van der Waals surface area (Å²) in [6.07, 6.45) is -2.68. The minimum atomic E-state index is -4.33. The second kappa shape index (κ2) is 8.55. The number of pyridine rings is 1. The van der Waals surface area contributed by atoms with Gasteiger partial charge in [-0.1, -0.05) is 18.2 Å². The molecule has 1 heterocycles. The maximum Gasteiger partial charge on any atom is 0.416 e. The average Bonchev–Trinajstić information content (AvgIpc) is 2.62. The maximum atomic E-state index is 12.6. The number of hydrogen-bond acceptors (Lipinski definition) is 3. The van der Waals surface area contributed by atoms with Crippen LogP contribution in [0.5, 0.6) is 5.88 Å². The highest BCUT2D eigenvalue weighted by atomic mass is 19.4. The van der Waals surface area contributed by atoms with Gasteiger partial charge in [0.25, 0.3) is 0 Å². The Kier molecular flexibility index (Phi) is 6.43. The zero-order chi connectivity index (χ0) is 19.2. The van der Waals surface area contributed by atoms with Gasteiger partial charge in [-0.05, 0) is 23.8 Å². The molecule has 0 atom stereocenters. The van der Waals surface area contributed by atoms with E-state index in [0.29, 0.717) is 24.9 Å². The van der Waals surface area contributed by atoms with Gasteiger partial charge in [-0.25, -0.2) is 4.98 Å². The van der Waals surface area contributed by atoms with Gasteiger partial charge in [0.2, 0.25) is 5.88 Å². The van der Waals surface area contributed by atoms with Gasteiger partial charge in [0, 0.05) is 38.9 Å². The van der Waals surface area contributed by atoms with Gasteiger partial charge in [0.1, 0.15) is 0 Å². The molecule has 0 bridgehead atoms. The van der Waals surface area contributed by atoms with Gasteiger partial charge >= 0.3 is 6.18 Å². The first-order chi connectivity index (χ1) is 12.3. The van der Waals surface area contributed by atoms with Crippen LogP contribution in [0.2, 0.25) is 0 Å². The molecule has 8 heteroatoms. The Labute approximate surface area is 150 Å². The van der Waals surface area contributed by atoms with Crippen molar-refractivity contribution in [3.8, 4) is 5.88 Å². The normalized spacial score (nSPS) is 12.0. The standard InChI is InChI=1S/C18H21F3N4O/c1-22-17(24-11-14-5-4-10-23-16(14)26-3)25(2)12-13-6-8-15(9-7-13)18(19,20)21/h4-10H,11-12H2,1-3H3,(H,22,24). The summed E-state index contributed by atoms with van der Waals surface area (Å²) in [6.45, 7) is 0.878. The third-order valence-electron chi connectivity index (χ3n) is 3.75. The van der Waals surface area contributed by atoms with E-state index in [1.165, 1.54) is 12.1 Å². The third-order valence-corrected chi connectivity index (χ3v) is 3.75. The van der Waals surface area contributed by atoms with Crippen molar-refractivity contribution in [3.63, 3.8) is 0 Å². The number of rotatable bonds is 5. The Balaban J connectivity index is 1.99. The Hall–Kier alpha value is -2.77. The summed E-state index contributed by atoms with van der Waals surface area (Å²) in [6, 6.07) is 8.81. The van der Waals surface area contributed by atoms with E-state index in [-0.39, 0.29) is 0 Å². The van der Waals surface area contributed by atoms with Crippen molar-refractivity contribution in [1.82, 2.24) is 15.2 Å². The molecular formula is C18H21F3N4O. The molecule has 140 valence electrons. The quantitative estimate of drug-likeness (QED) is 0.652. The fraction of sp³-hybridized carbons (Fsp3) is 0.333. The molecule has 0 saturated carbocycles. The van der Waals surface area contributed by atoms with Crippen molar-refractivity contribution < 1.29 is 17.9 Å². The molecule has 0 amide bonds. The highest BCUT2D eigenvalue weighted by molar-refractivity contribution is 5.79. The number of guanidine groups is 1. The molecule has 2 rings (SSSR count). The Morgan fingerprint density at radius 2 is 1.92 bits per heavy atom. The van der Waals surface area contributed by atoms with E-state index in [9.17, 15) is 13.2 Å². The van der Waals surface area contributed by atoms with Crippen LogP contribution in [0.15, 0.2) is 47.6 Å². The number of aromatic nitrogens is 1. The summed E-state index contributed by atoms with van der Waals surface area (Å²) in [5.74, 6) is 1.14. The van der Waals surface area contributed by atoms with E-state index in [4.69, 9.17) is 4.74 Å². The monoisotopic (exact) mass is 366 g/mol. The van der Waals surface area contributed by atoms with Crippen molar-refractivity contribution in [3.05, 3.63) is 59.3 Å². The number of nitrogens with one attached hydrogen (secondary N) is 1. The van der Waals surface area contributed by atoms with E-state index in [1.807, 2.05) is 24.1 Å². The second-order valence-electron chi connectivity index (χ2n) is 5.62. The molecule has 5 nitrogen and oxygen atoms in total. The minimum absolute atomic E-state index is 0.419. The average molecular weight is 366 g/mol. The van der Waals surface area contributed by atoms with E-state index in [2.05, 4.69) is 15.3 Å². The van der Waals surface area contributed by atoms with Gasteiger partial charge in [0.05, 0.1) is 12.7 Å². The lowest BCUT2D eigenvalue weighted by atomic mass is 10.1. The first kappa shape index (κ1) is 19.6. The topological polar surface area (TPSA) is 49.8 Å². The predicted octanol–water partition coefficient (Wildman–Crippen LogP) is 3.32. The lowest BCUT2D eigenvalue weighted by Crippen LogP contribution is -2.38. The summed E-state index contributed by atoms with van der Waals surface area (Å²) in [4.78, 5) is 10.2. The number of aliphatic imine (C=N–C) groups is 1. The molecule has 1 aromatic carbocycles. The molecule has 1 N–H and O–H groups in total. The molecule has 0 aliphatic rings. The molecule has 2 aromatic rings. The van der Waals surface area contributed by atoms with Crippen molar-refractivity contribution in [2.75, 3.05) is 21.2 Å². The molecular weight excluding hydrogens is 345 g/mol. The number of alkyl halides is 3. The smallest absolute Gasteiger partial charge is 0.416 e. The summed E-state index contributed by atoms with van der Waals surface area (Å²) in [5.41, 5.74) is 0.969. The first-order valence-corrected chi connectivity index (χ1v) is 7.91. The Bertz CT molecular complexity index is 745. The lowest BCUT2D eigenvalue weighted by molar-refractivity contribution is -0.137. The van der Waals surface area contributed by atoms with E-state index in [0.717, 1.165) is 23.3 Å². The predicted molar refractivity (Wildman–Crippen MR) is 93.9 cm³/mol. The van der Waals surface area contributed by atoms with E-state index in [1.54, 1.807) is 20.4 Å². The van der Waals surface area contributed by atoms with Crippen LogP contribution in [0.25, 0.3) is 0 Å². The van der Waals surface area contributed by atoms with Crippen LogP contribution < -0.4 is 10.1 Å². The van der Waals surface area contributed by atoms with Crippen LogP contribution in [-0.4, -0.2) is 37.0 Å². The number of halogens is 3. The summed E-state index contributed by atoms with van der Waals surface area (Å²) >= 11 is 0. The van der Waals surface area contributed by atoms with E-state index < -0.39 is 11.7 Å². The van der Waals surface area contributed by atoms with Crippen LogP contribution in [-0.2, 0) is 19.3 Å². The van der Waals surface area contributed by atoms with Gasteiger partial charge in [-0.2, -0.15) is 13.2 Å². The van der Waals surface area contributed by atoms with Crippen LogP contribution in [0.4, 0.5) is 13.2 Å². The minimum Gasteiger partial charge on any atom is -0.481 e. The highest BCUT2D eigenvalue weighted by Crippen LogP contribution is 2.29. The van der Waals surface area contributed by atoms with Crippen molar-refractivity contribution >= 4 is 5.96 Å². The molecule has 0 saturated heterocycles. The van der Waals surface area contributed by atoms with Gasteiger partial charge < -0.3 is 15.0 Å². The second-order valence-corrected chi connectivity index (χ2v) is 5.62. The zero-order valence-electron chi connectivity index (χ0n) is 14.8. The number of nitrogens with zero attached hydrogens (tertiary/aromatic N) is 3. The van der Waals surface area contributed by atoms with Crippen molar-refractivity contribution in [1.29, 1.82) is 0 Å². The molecule has 26 heavy (non-hydrogen) atoms. The first-order valence-electron chi connectivity index (χ1n) is 7.91. The Morgan fingerprint density at radius 1 is 1.23 bits per heavy atom. The van der Waals surface area contributed by atoms with Crippen molar-refractivity contribution in [2.24, 2.45) is 4.99 Å². The van der Waals surface area contributed by atoms with Crippen molar-refractivity contribution in [2.45, 2.75) is 19.3 Å². The molecule has 0 unspecified atom stereocenters. The van der Waals surface area contributed by atoms with Crippen LogP contribution >= 0.6 is 0 Å². The molecule has 0 aliphatic carbocycles. The van der Waals surface area contributed by atoms with Gasteiger partial charge in [0.15, 0.2) is 5.96 Å². The number of ether oxygens (including phenoxy) is 1. The SMILES string of the molecule is CN=C(NCc1cccnc1OC)N(C)Cc1ccc(C(F)(F)F)cc1. The van der Waals surface area contributed by atoms with E-state index >= 15 is 0 Å². The molecule has 0 radical (unpaired) electrons. The van der Waals surface area contributed by atoms with Crippen LogP contribution in [0, 0.1) is 0 Å². The largest absolute Gasteiger partial charge is 0.481 e. The van der Waals surface area contributed by atoms with Gasteiger partial charge in [-0.15, -0.1) is 0 Å². The molecule has 1 aromatic heterocycles. The summed E-state index contributed by atoms with van der Waals surface area (Å²) < 4.78 is 43.1. The fourth-order valence-corrected chi connectivity index (χ4v) is 2.45. The van der Waals surface area contributed by atoms with Crippen LogP contribution in [0.1, 0.15) is 16.7 Å². The summed E-state index contributed by atoms with van der Waals surface area (Å²) in [5, 5.41) is 3.19.